The van der Waals surface area contributed by atoms with Crippen molar-refractivity contribution >= 4 is 45.6 Å². The largest absolute Gasteiger partial charge is 0.489 e. The summed E-state index contributed by atoms with van der Waals surface area (Å²) in [6.07, 6.45) is 0. The summed E-state index contributed by atoms with van der Waals surface area (Å²) in [6.45, 7) is 0. The van der Waals surface area contributed by atoms with E-state index in [1.165, 1.54) is 22.8 Å². The Kier molecular flexibility index (Phi) is 2.49. The maximum atomic E-state index is 13.2. The highest BCUT2D eigenvalue weighted by Gasteiger charge is 2.19. The van der Waals surface area contributed by atoms with E-state index in [1.807, 2.05) is 0 Å². The van der Waals surface area contributed by atoms with E-state index < -0.39 is 12.9 Å². The van der Waals surface area contributed by atoms with Crippen LogP contribution >= 0.6 is 22.9 Å². The lowest BCUT2D eigenvalue weighted by Crippen LogP contribution is -2.30. The molecule has 2 N–H and O–H groups in total. The van der Waals surface area contributed by atoms with Gasteiger partial charge < -0.3 is 10.0 Å². The summed E-state index contributed by atoms with van der Waals surface area (Å²) >= 11 is 6.92. The number of rotatable bonds is 1. The van der Waals surface area contributed by atoms with Crippen molar-refractivity contribution in [3.05, 3.63) is 28.4 Å². The van der Waals surface area contributed by atoms with Gasteiger partial charge in [0.2, 0.25) is 0 Å². The summed E-state index contributed by atoms with van der Waals surface area (Å²) in [7, 11) is -1.71. The first-order chi connectivity index (χ1) is 6.59. The lowest BCUT2D eigenvalue weighted by Gasteiger charge is -2.02. The van der Waals surface area contributed by atoms with Crippen LogP contribution in [0.3, 0.4) is 0 Å². The minimum absolute atomic E-state index is 0.103. The van der Waals surface area contributed by atoms with Gasteiger partial charge in [0.25, 0.3) is 0 Å². The lowest BCUT2D eigenvalue weighted by atomic mass is 9.78. The Labute approximate surface area is 88.7 Å². The number of thiophene rings is 1. The number of hydrogen-bond donors (Lipinski definition) is 2. The fourth-order valence-electron chi connectivity index (χ4n) is 1.33. The van der Waals surface area contributed by atoms with Crippen LogP contribution in [0.1, 0.15) is 0 Å². The molecule has 2 aromatic rings. The summed E-state index contributed by atoms with van der Waals surface area (Å²) in [6, 6.07) is 2.95. The van der Waals surface area contributed by atoms with E-state index in [-0.39, 0.29) is 10.8 Å². The molecule has 0 aliphatic carbocycles. The standard InChI is InChI=1S/C8H5BClFO2S/c10-4-1-5(9(12)13)8-6(11)3-14-7(8)2-4/h1-3,12-13H. The Morgan fingerprint density at radius 2 is 2.07 bits per heavy atom. The third-order valence-electron chi connectivity index (χ3n) is 1.90. The Morgan fingerprint density at radius 3 is 2.71 bits per heavy atom. The van der Waals surface area contributed by atoms with Gasteiger partial charge in [0.15, 0.2) is 0 Å². The summed E-state index contributed by atoms with van der Waals surface area (Å²) < 4.78 is 13.9. The highest BCUT2D eigenvalue weighted by Crippen LogP contribution is 2.26. The summed E-state index contributed by atoms with van der Waals surface area (Å²) in [5, 5.41) is 20.0. The van der Waals surface area contributed by atoms with Gasteiger partial charge in [-0.05, 0) is 17.6 Å². The molecule has 2 nitrogen and oxygen atoms in total. The molecule has 0 amide bonds. The van der Waals surface area contributed by atoms with Crippen molar-refractivity contribution < 1.29 is 14.4 Å². The monoisotopic (exact) mass is 230 g/mol. The molecule has 2 rings (SSSR count). The Morgan fingerprint density at radius 1 is 1.36 bits per heavy atom. The van der Waals surface area contributed by atoms with E-state index in [0.29, 0.717) is 9.72 Å². The Bertz CT molecular complexity index is 485. The minimum atomic E-state index is -1.71. The van der Waals surface area contributed by atoms with Gasteiger partial charge in [0, 0.05) is 20.5 Å². The van der Waals surface area contributed by atoms with E-state index in [9.17, 15) is 4.39 Å². The molecule has 14 heavy (non-hydrogen) atoms. The second kappa shape index (κ2) is 3.51. The molecular formula is C8H5BClFO2S. The van der Waals surface area contributed by atoms with E-state index in [0.717, 1.165) is 0 Å². The Hall–Kier alpha value is -0.615. The van der Waals surface area contributed by atoms with Gasteiger partial charge in [-0.2, -0.15) is 0 Å². The molecule has 0 radical (unpaired) electrons. The third kappa shape index (κ3) is 1.52. The molecule has 6 heteroatoms. The summed E-state index contributed by atoms with van der Waals surface area (Å²) in [5.74, 6) is -0.454. The molecule has 72 valence electrons. The molecule has 0 saturated heterocycles. The highest BCUT2D eigenvalue weighted by molar-refractivity contribution is 7.17. The van der Waals surface area contributed by atoms with Crippen molar-refractivity contribution in [2.45, 2.75) is 0 Å². The van der Waals surface area contributed by atoms with Crippen LogP contribution in [-0.2, 0) is 0 Å². The van der Waals surface area contributed by atoms with Gasteiger partial charge in [0.1, 0.15) is 5.82 Å². The molecule has 0 bridgehead atoms. The molecule has 0 unspecified atom stereocenters. The number of hydrogen-bond acceptors (Lipinski definition) is 3. The topological polar surface area (TPSA) is 40.5 Å². The summed E-state index contributed by atoms with van der Waals surface area (Å²) in [4.78, 5) is 0. The Balaban J connectivity index is 2.83. The van der Waals surface area contributed by atoms with Crippen LogP contribution in [0.15, 0.2) is 17.5 Å². The van der Waals surface area contributed by atoms with E-state index >= 15 is 0 Å². The smallest absolute Gasteiger partial charge is 0.423 e. The average molecular weight is 230 g/mol. The molecule has 1 aromatic heterocycles. The SMILES string of the molecule is OB(O)c1cc(Cl)cc2scc(F)c12. The van der Waals surface area contributed by atoms with Gasteiger partial charge >= 0.3 is 7.12 Å². The predicted octanol–water partition coefficient (Wildman–Crippen LogP) is 1.37. The maximum Gasteiger partial charge on any atom is 0.489 e. The minimum Gasteiger partial charge on any atom is -0.423 e. The number of benzene rings is 1. The first-order valence-electron chi connectivity index (χ1n) is 3.82. The molecule has 1 aromatic carbocycles. The van der Waals surface area contributed by atoms with E-state index in [1.54, 1.807) is 6.07 Å². The summed E-state index contributed by atoms with van der Waals surface area (Å²) in [5.41, 5.74) is 0.103. The zero-order valence-corrected chi connectivity index (χ0v) is 8.44. The molecule has 0 spiro atoms. The fraction of sp³-hybridized carbons (Fsp3) is 0. The average Bonchev–Trinajstić information content (AvgIpc) is 2.46. The first kappa shape index (κ1) is 9.92. The van der Waals surface area contributed by atoms with Crippen molar-refractivity contribution in [3.8, 4) is 0 Å². The molecule has 0 aliphatic heterocycles. The third-order valence-corrected chi connectivity index (χ3v) is 3.02. The second-order valence-corrected chi connectivity index (χ2v) is 4.17. The van der Waals surface area contributed by atoms with Crippen molar-refractivity contribution in [1.29, 1.82) is 0 Å². The van der Waals surface area contributed by atoms with Gasteiger partial charge in [-0.1, -0.05) is 11.6 Å². The number of halogens is 2. The zero-order valence-electron chi connectivity index (χ0n) is 6.87. The molecule has 0 fully saturated rings. The van der Waals surface area contributed by atoms with Crippen LogP contribution in [0.2, 0.25) is 5.02 Å². The van der Waals surface area contributed by atoms with Gasteiger partial charge in [-0.15, -0.1) is 11.3 Å². The lowest BCUT2D eigenvalue weighted by molar-refractivity contribution is 0.426. The first-order valence-corrected chi connectivity index (χ1v) is 5.07. The van der Waals surface area contributed by atoms with E-state index in [4.69, 9.17) is 21.6 Å². The van der Waals surface area contributed by atoms with Crippen molar-refractivity contribution in [2.75, 3.05) is 0 Å². The van der Waals surface area contributed by atoms with Crippen molar-refractivity contribution in [2.24, 2.45) is 0 Å². The van der Waals surface area contributed by atoms with Crippen LogP contribution in [0, 0.1) is 5.82 Å². The van der Waals surface area contributed by atoms with Crippen LogP contribution in [0.4, 0.5) is 4.39 Å². The van der Waals surface area contributed by atoms with Crippen molar-refractivity contribution in [3.63, 3.8) is 0 Å². The second-order valence-electron chi connectivity index (χ2n) is 2.83. The van der Waals surface area contributed by atoms with Crippen molar-refractivity contribution in [1.82, 2.24) is 0 Å². The molecule has 1 heterocycles. The molecule has 0 saturated carbocycles. The highest BCUT2D eigenvalue weighted by atomic mass is 35.5. The van der Waals surface area contributed by atoms with E-state index in [2.05, 4.69) is 0 Å². The van der Waals surface area contributed by atoms with Crippen LogP contribution < -0.4 is 5.46 Å². The van der Waals surface area contributed by atoms with Gasteiger partial charge in [0.05, 0.1) is 0 Å². The normalized spacial score (nSPS) is 10.9. The molecular weight excluding hydrogens is 225 g/mol. The zero-order chi connectivity index (χ0) is 10.3. The molecule has 0 aliphatic rings. The fourth-order valence-corrected chi connectivity index (χ4v) is 2.50. The maximum absolute atomic E-state index is 13.2. The van der Waals surface area contributed by atoms with Crippen LogP contribution in [0.25, 0.3) is 10.1 Å². The predicted molar refractivity (Wildman–Crippen MR) is 56.6 cm³/mol. The van der Waals surface area contributed by atoms with Crippen LogP contribution in [0.5, 0.6) is 0 Å². The molecule has 0 atom stereocenters. The van der Waals surface area contributed by atoms with Gasteiger partial charge in [-0.3, -0.25) is 0 Å². The number of fused-ring (bicyclic) bond motifs is 1. The van der Waals surface area contributed by atoms with Crippen LogP contribution in [-0.4, -0.2) is 17.2 Å². The van der Waals surface area contributed by atoms with Gasteiger partial charge in [-0.25, -0.2) is 4.39 Å². The quantitative estimate of drug-likeness (QED) is 0.727.